The molecule has 0 heterocycles. The maximum atomic E-state index is 14.0. The Labute approximate surface area is 362 Å². The van der Waals surface area contributed by atoms with E-state index in [9.17, 15) is 38.7 Å². The second-order valence-electron chi connectivity index (χ2n) is 15.3. The summed E-state index contributed by atoms with van der Waals surface area (Å²) in [5.41, 5.74) is 39.4. The van der Waals surface area contributed by atoms with Crippen LogP contribution in [0.5, 0.6) is 5.75 Å². The lowest BCUT2D eigenvalue weighted by molar-refractivity contribution is -0.135. The highest BCUT2D eigenvalue weighted by atomic mass is 16.3. The first-order valence-electron chi connectivity index (χ1n) is 20.6. The SMILES string of the molecule is CCC[C@H](NC(=O)[C@H](CCCN=C(N)N)NC(=O)[C@@H](C)NC(=O)[C@@H](N)CCCN=C(N)N)C(=O)N[C@@H](Cc1ccc(O)cc1)C(=O)N[C@@H](CN)C(=O)N[C@@H](CCC(C)C)C(N)=O. The molecule has 348 valence electrons. The number of aliphatic imine (C=N–C) groups is 2. The monoisotopic (exact) mass is 876 g/mol. The lowest BCUT2D eigenvalue weighted by Gasteiger charge is -2.27. The predicted molar refractivity (Wildman–Crippen MR) is 234 cm³/mol. The number of primary amides is 1. The Morgan fingerprint density at radius 3 is 1.56 bits per heavy atom. The maximum Gasteiger partial charge on any atom is 0.244 e. The summed E-state index contributed by atoms with van der Waals surface area (Å²) in [5, 5.41) is 25.4. The van der Waals surface area contributed by atoms with Crippen molar-refractivity contribution in [1.29, 1.82) is 0 Å². The number of nitrogens with zero attached hydrogens (tertiary/aromatic N) is 2. The number of amides is 7. The summed E-state index contributed by atoms with van der Waals surface area (Å²) in [4.78, 5) is 101. The molecule has 62 heavy (non-hydrogen) atoms. The summed E-state index contributed by atoms with van der Waals surface area (Å²) in [6.45, 7) is 7.06. The Morgan fingerprint density at radius 1 is 0.581 bits per heavy atom. The second kappa shape index (κ2) is 28.3. The fraction of sp³-hybridized carbons (Fsp3) is 0.615. The van der Waals surface area contributed by atoms with Crippen LogP contribution in [0, 0.1) is 5.92 Å². The standard InChI is InChI=1S/C39H69N15O8/c1-5-8-27(52-35(60)28(10-7-18-48-39(45)46)51-32(57)22(4)49-33(58)25(41)9-6-17-47-38(43)44)34(59)53-29(19-23-12-14-24(55)15-13-23)36(61)54-30(20-40)37(62)50-26(31(42)56)16-11-21(2)3/h12-15,21-22,25-30,55H,5-11,16-20,40-41H2,1-4H3,(H2,42,56)(H,49,58)(H,50,62)(H,51,57)(H,52,60)(H,53,59)(H,54,61)(H4,43,44,47)(H4,45,46,48)/t22-,25+,26+,27+,28+,29+,30+/m1/s1. The number of guanidine groups is 2. The average Bonchev–Trinajstić information content (AvgIpc) is 3.20. The number of rotatable bonds is 29. The Hall–Kier alpha value is -6.23. The van der Waals surface area contributed by atoms with E-state index in [2.05, 4.69) is 41.9 Å². The first kappa shape index (κ1) is 53.8. The van der Waals surface area contributed by atoms with E-state index in [1.165, 1.54) is 31.2 Å². The molecule has 7 atom stereocenters. The molecule has 0 radical (unpaired) electrons. The van der Waals surface area contributed by atoms with Gasteiger partial charge in [0.1, 0.15) is 42.0 Å². The van der Waals surface area contributed by atoms with Gasteiger partial charge in [-0.15, -0.1) is 0 Å². The zero-order chi connectivity index (χ0) is 46.9. The highest BCUT2D eigenvalue weighted by molar-refractivity contribution is 5.97. The van der Waals surface area contributed by atoms with Crippen molar-refractivity contribution < 1.29 is 38.7 Å². The summed E-state index contributed by atoms with van der Waals surface area (Å²) in [6, 6.07) is -2.38. The topological polar surface area (TPSA) is 419 Å². The van der Waals surface area contributed by atoms with Crippen molar-refractivity contribution in [2.24, 2.45) is 56.0 Å². The van der Waals surface area contributed by atoms with Gasteiger partial charge in [-0.1, -0.05) is 39.3 Å². The van der Waals surface area contributed by atoms with Gasteiger partial charge in [0.05, 0.1) is 6.04 Å². The molecule has 0 saturated carbocycles. The first-order valence-corrected chi connectivity index (χ1v) is 20.6. The molecule has 1 aromatic rings. The molecular weight excluding hydrogens is 807 g/mol. The van der Waals surface area contributed by atoms with Crippen LogP contribution < -0.4 is 72.0 Å². The summed E-state index contributed by atoms with van der Waals surface area (Å²) >= 11 is 0. The minimum Gasteiger partial charge on any atom is -0.508 e. The largest absolute Gasteiger partial charge is 0.508 e. The van der Waals surface area contributed by atoms with Crippen molar-refractivity contribution in [3.63, 3.8) is 0 Å². The molecule has 1 aromatic carbocycles. The van der Waals surface area contributed by atoms with Crippen LogP contribution >= 0.6 is 0 Å². The fourth-order valence-corrected chi connectivity index (χ4v) is 5.85. The van der Waals surface area contributed by atoms with Gasteiger partial charge in [-0.3, -0.25) is 43.5 Å². The van der Waals surface area contributed by atoms with E-state index in [-0.39, 0.29) is 81.7 Å². The van der Waals surface area contributed by atoms with E-state index >= 15 is 0 Å². The number of phenolic OH excluding ortho intramolecular Hbond substituents is 1. The Bertz CT molecular complexity index is 1680. The van der Waals surface area contributed by atoms with Gasteiger partial charge in [0, 0.05) is 26.1 Å². The molecule has 7 amide bonds. The lowest BCUT2D eigenvalue weighted by atomic mass is 10.0. The number of benzene rings is 1. The zero-order valence-electron chi connectivity index (χ0n) is 36.2. The van der Waals surface area contributed by atoms with E-state index in [4.69, 9.17) is 40.1 Å². The Balaban J connectivity index is 3.29. The first-order chi connectivity index (χ1) is 29.2. The molecular formula is C39H69N15O8. The molecule has 23 heteroatoms. The molecule has 0 aliphatic carbocycles. The van der Waals surface area contributed by atoms with Crippen LogP contribution in [0.3, 0.4) is 0 Å². The van der Waals surface area contributed by atoms with Gasteiger partial charge in [0.25, 0.3) is 0 Å². The molecule has 23 nitrogen and oxygen atoms in total. The van der Waals surface area contributed by atoms with Crippen LogP contribution in [0.1, 0.15) is 84.6 Å². The van der Waals surface area contributed by atoms with Gasteiger partial charge >= 0.3 is 0 Å². The third-order valence-electron chi connectivity index (χ3n) is 9.42. The molecule has 0 fully saturated rings. The predicted octanol–water partition coefficient (Wildman–Crippen LogP) is -4.02. The minimum absolute atomic E-state index is 0.0162. The molecule has 0 aromatic heterocycles. The third kappa shape index (κ3) is 21.3. The Kier molecular flexibility index (Phi) is 24.6. The number of phenols is 1. The van der Waals surface area contributed by atoms with E-state index in [1.54, 1.807) is 6.92 Å². The molecule has 0 saturated heterocycles. The number of nitrogens with one attached hydrogen (secondary N) is 6. The third-order valence-corrected chi connectivity index (χ3v) is 9.42. The molecule has 1 rings (SSSR count). The molecule has 0 aliphatic rings. The quantitative estimate of drug-likeness (QED) is 0.0207. The smallest absolute Gasteiger partial charge is 0.244 e. The highest BCUT2D eigenvalue weighted by Gasteiger charge is 2.33. The van der Waals surface area contributed by atoms with Crippen LogP contribution in [0.4, 0.5) is 0 Å². The van der Waals surface area contributed by atoms with Gasteiger partial charge in [0.15, 0.2) is 11.9 Å². The van der Waals surface area contributed by atoms with Crippen LogP contribution in [0.2, 0.25) is 0 Å². The van der Waals surface area contributed by atoms with Crippen molar-refractivity contribution >= 4 is 53.3 Å². The number of hydrogen-bond acceptors (Lipinski definition) is 12. The van der Waals surface area contributed by atoms with Crippen LogP contribution in [-0.2, 0) is 40.0 Å². The number of carbonyl (C=O) groups excluding carboxylic acids is 7. The van der Waals surface area contributed by atoms with Gasteiger partial charge in [-0.2, -0.15) is 0 Å². The summed E-state index contributed by atoms with van der Waals surface area (Å²) < 4.78 is 0. The normalized spacial score (nSPS) is 14.3. The zero-order valence-corrected chi connectivity index (χ0v) is 36.2. The van der Waals surface area contributed by atoms with Crippen molar-refractivity contribution in [3.05, 3.63) is 29.8 Å². The molecule has 0 unspecified atom stereocenters. The number of nitrogens with two attached hydrogens (primary N) is 7. The molecule has 0 spiro atoms. The number of carbonyl (C=O) groups is 7. The maximum absolute atomic E-state index is 14.0. The van der Waals surface area contributed by atoms with E-state index in [0.717, 1.165) is 0 Å². The van der Waals surface area contributed by atoms with E-state index in [1.807, 2.05) is 13.8 Å². The number of hydrogen-bond donors (Lipinski definition) is 14. The summed E-state index contributed by atoms with van der Waals surface area (Å²) in [5.74, 6) is -5.30. The molecule has 21 N–H and O–H groups in total. The summed E-state index contributed by atoms with van der Waals surface area (Å²) in [7, 11) is 0. The van der Waals surface area contributed by atoms with Gasteiger partial charge < -0.3 is 77.1 Å². The fourth-order valence-electron chi connectivity index (χ4n) is 5.85. The Morgan fingerprint density at radius 2 is 1.05 bits per heavy atom. The van der Waals surface area contributed by atoms with Crippen LogP contribution in [0.25, 0.3) is 0 Å². The second-order valence-corrected chi connectivity index (χ2v) is 15.3. The van der Waals surface area contributed by atoms with Gasteiger partial charge in [0.2, 0.25) is 41.4 Å². The van der Waals surface area contributed by atoms with E-state index in [0.29, 0.717) is 24.8 Å². The van der Waals surface area contributed by atoms with Crippen LogP contribution in [0.15, 0.2) is 34.3 Å². The van der Waals surface area contributed by atoms with Crippen LogP contribution in [-0.4, -0.2) is 120 Å². The summed E-state index contributed by atoms with van der Waals surface area (Å²) in [6.07, 6.45) is 2.12. The van der Waals surface area contributed by atoms with Gasteiger partial charge in [-0.25, -0.2) is 0 Å². The number of aromatic hydroxyl groups is 1. The van der Waals surface area contributed by atoms with Crippen molar-refractivity contribution in [1.82, 2.24) is 31.9 Å². The molecule has 0 aliphatic heterocycles. The molecule has 0 bridgehead atoms. The van der Waals surface area contributed by atoms with Crippen molar-refractivity contribution in [2.45, 2.75) is 128 Å². The van der Waals surface area contributed by atoms with Gasteiger partial charge in [-0.05, 0) is 75.5 Å². The van der Waals surface area contributed by atoms with Crippen molar-refractivity contribution in [3.8, 4) is 5.75 Å². The minimum atomic E-state index is -1.34. The van der Waals surface area contributed by atoms with E-state index < -0.39 is 83.6 Å². The average molecular weight is 876 g/mol. The lowest BCUT2D eigenvalue weighted by Crippen LogP contribution is -2.61. The van der Waals surface area contributed by atoms with Crippen molar-refractivity contribution in [2.75, 3.05) is 19.6 Å². The highest BCUT2D eigenvalue weighted by Crippen LogP contribution is 2.13.